The largest absolute Gasteiger partial charge is 0.508 e. The molecule has 4 aromatic rings. The molecule has 5 heteroatoms. The van der Waals surface area contributed by atoms with Gasteiger partial charge < -0.3 is 9.84 Å². The zero-order chi connectivity index (χ0) is 23.8. The maximum Gasteiger partial charge on any atom is 0.348 e. The third-order valence-corrected chi connectivity index (χ3v) is 6.75. The number of rotatable bonds is 7. The summed E-state index contributed by atoms with van der Waals surface area (Å²) in [5.74, 6) is 2.01. The molecule has 1 N–H and O–H groups in total. The number of hydrogen-bond acceptors (Lipinski definition) is 4. The highest BCUT2D eigenvalue weighted by Crippen LogP contribution is 2.40. The fraction of sp³-hybridized carbons (Fsp3) is 0.310. The van der Waals surface area contributed by atoms with E-state index in [9.17, 15) is 9.90 Å². The summed E-state index contributed by atoms with van der Waals surface area (Å²) in [6, 6.07) is 19.5. The van der Waals surface area contributed by atoms with E-state index in [1.165, 1.54) is 18.4 Å². The lowest BCUT2D eigenvalue weighted by Gasteiger charge is -2.17. The Morgan fingerprint density at radius 2 is 1.85 bits per heavy atom. The first kappa shape index (κ1) is 22.2. The van der Waals surface area contributed by atoms with Gasteiger partial charge in [0, 0.05) is 16.5 Å². The van der Waals surface area contributed by atoms with Crippen LogP contribution in [-0.4, -0.2) is 21.8 Å². The number of phenolic OH excluding ortho intramolecular Hbond substituents is 1. The van der Waals surface area contributed by atoms with Gasteiger partial charge >= 0.3 is 5.69 Å². The summed E-state index contributed by atoms with van der Waals surface area (Å²) >= 11 is 0. The van der Waals surface area contributed by atoms with Gasteiger partial charge in [-0.05, 0) is 66.5 Å². The van der Waals surface area contributed by atoms with E-state index >= 15 is 0 Å². The highest BCUT2D eigenvalue weighted by molar-refractivity contribution is 5.96. The van der Waals surface area contributed by atoms with Gasteiger partial charge in [0.05, 0.1) is 24.9 Å². The first-order chi connectivity index (χ1) is 16.4. The van der Waals surface area contributed by atoms with E-state index in [0.717, 1.165) is 39.8 Å². The number of aromatic nitrogens is 2. The fourth-order valence-corrected chi connectivity index (χ4v) is 4.59. The maximum absolute atomic E-state index is 13.4. The van der Waals surface area contributed by atoms with Crippen LogP contribution in [0.15, 0.2) is 65.5 Å². The van der Waals surface area contributed by atoms with Gasteiger partial charge in [-0.25, -0.2) is 4.79 Å². The quantitative estimate of drug-likeness (QED) is 0.377. The second kappa shape index (κ2) is 8.98. The predicted octanol–water partition coefficient (Wildman–Crippen LogP) is 5.90. The van der Waals surface area contributed by atoms with E-state index in [-0.39, 0.29) is 11.4 Å². The second-order valence-electron chi connectivity index (χ2n) is 9.56. The van der Waals surface area contributed by atoms with Gasteiger partial charge in [-0.3, -0.25) is 4.57 Å². The second-order valence-corrected chi connectivity index (χ2v) is 9.56. The van der Waals surface area contributed by atoms with Crippen LogP contribution in [0.2, 0.25) is 0 Å². The monoisotopic (exact) mass is 454 g/mol. The number of fused-ring (bicyclic) bond motifs is 1. The van der Waals surface area contributed by atoms with Gasteiger partial charge in [-0.1, -0.05) is 50.2 Å². The topological polar surface area (TPSA) is 64.4 Å². The highest BCUT2D eigenvalue weighted by atomic mass is 16.5. The van der Waals surface area contributed by atoms with Crippen LogP contribution in [0.4, 0.5) is 0 Å². The third-order valence-electron chi connectivity index (χ3n) is 6.75. The van der Waals surface area contributed by atoms with Crippen LogP contribution in [0, 0.1) is 5.92 Å². The molecule has 0 radical (unpaired) electrons. The van der Waals surface area contributed by atoms with E-state index in [4.69, 9.17) is 4.74 Å². The van der Waals surface area contributed by atoms with Gasteiger partial charge in [0.15, 0.2) is 0 Å². The SMILES string of the molecule is COc1cccc(Cn2c(=O)nc(-c3ccc(C(C)C)cc3)c3c(CC4CC4)c(O)ccc32)c1. The van der Waals surface area contributed by atoms with Crippen molar-refractivity contribution in [2.75, 3.05) is 7.11 Å². The summed E-state index contributed by atoms with van der Waals surface area (Å²) < 4.78 is 7.06. The molecule has 0 atom stereocenters. The van der Waals surface area contributed by atoms with Crippen LogP contribution >= 0.6 is 0 Å². The van der Waals surface area contributed by atoms with Gasteiger partial charge in [0.2, 0.25) is 0 Å². The van der Waals surface area contributed by atoms with E-state index in [1.807, 2.05) is 42.5 Å². The van der Waals surface area contributed by atoms with E-state index in [1.54, 1.807) is 17.7 Å². The average molecular weight is 455 g/mol. The Labute approximate surface area is 199 Å². The number of benzene rings is 3. The van der Waals surface area contributed by atoms with Gasteiger partial charge in [-0.2, -0.15) is 4.98 Å². The molecule has 1 saturated carbocycles. The van der Waals surface area contributed by atoms with Crippen molar-refractivity contribution in [2.45, 2.75) is 45.6 Å². The number of hydrogen-bond donors (Lipinski definition) is 1. The Kier molecular flexibility index (Phi) is 5.86. The summed E-state index contributed by atoms with van der Waals surface area (Å²) in [5, 5.41) is 11.7. The van der Waals surface area contributed by atoms with Crippen molar-refractivity contribution in [3.8, 4) is 22.8 Å². The van der Waals surface area contributed by atoms with Crippen LogP contribution < -0.4 is 10.4 Å². The van der Waals surface area contributed by atoms with Crippen molar-refractivity contribution >= 4 is 10.9 Å². The van der Waals surface area contributed by atoms with Crippen molar-refractivity contribution in [1.29, 1.82) is 0 Å². The molecule has 1 aliphatic rings. The molecule has 3 aromatic carbocycles. The molecular formula is C29H30N2O3. The van der Waals surface area contributed by atoms with E-state index < -0.39 is 0 Å². The number of phenols is 1. The normalized spacial score (nSPS) is 13.5. The maximum atomic E-state index is 13.4. The summed E-state index contributed by atoms with van der Waals surface area (Å²) in [4.78, 5) is 17.9. The Bertz CT molecular complexity index is 1400. The number of aromatic hydroxyl groups is 1. The Balaban J connectivity index is 1.72. The molecule has 1 heterocycles. The van der Waals surface area contributed by atoms with Crippen LogP contribution in [0.3, 0.4) is 0 Å². The molecule has 0 saturated heterocycles. The zero-order valence-corrected chi connectivity index (χ0v) is 19.9. The van der Waals surface area contributed by atoms with Crippen molar-refractivity contribution in [2.24, 2.45) is 5.92 Å². The fourth-order valence-electron chi connectivity index (χ4n) is 4.59. The number of methoxy groups -OCH3 is 1. The van der Waals surface area contributed by atoms with Crippen molar-refractivity contribution < 1.29 is 9.84 Å². The lowest BCUT2D eigenvalue weighted by atomic mass is 9.95. The molecule has 1 aliphatic carbocycles. The van der Waals surface area contributed by atoms with Crippen molar-refractivity contribution in [1.82, 2.24) is 9.55 Å². The first-order valence-electron chi connectivity index (χ1n) is 11.9. The summed E-state index contributed by atoms with van der Waals surface area (Å²) in [7, 11) is 1.63. The van der Waals surface area contributed by atoms with Gasteiger partial charge in [0.1, 0.15) is 11.5 Å². The van der Waals surface area contributed by atoms with E-state index in [0.29, 0.717) is 24.1 Å². The molecule has 1 fully saturated rings. The molecule has 174 valence electrons. The lowest BCUT2D eigenvalue weighted by Crippen LogP contribution is -2.25. The molecule has 34 heavy (non-hydrogen) atoms. The molecule has 0 amide bonds. The highest BCUT2D eigenvalue weighted by Gasteiger charge is 2.26. The van der Waals surface area contributed by atoms with Crippen LogP contribution in [0.5, 0.6) is 11.5 Å². The first-order valence-corrected chi connectivity index (χ1v) is 11.9. The smallest absolute Gasteiger partial charge is 0.348 e. The summed E-state index contributed by atoms with van der Waals surface area (Å²) in [5.41, 5.74) is 5.10. The summed E-state index contributed by atoms with van der Waals surface area (Å²) in [6.07, 6.45) is 3.13. The minimum absolute atomic E-state index is 0.271. The van der Waals surface area contributed by atoms with Crippen molar-refractivity contribution in [3.63, 3.8) is 0 Å². The molecule has 0 spiro atoms. The molecule has 5 rings (SSSR count). The lowest BCUT2D eigenvalue weighted by molar-refractivity contribution is 0.414. The molecule has 0 bridgehead atoms. The van der Waals surface area contributed by atoms with Crippen LogP contribution in [0.1, 0.15) is 49.3 Å². The van der Waals surface area contributed by atoms with Gasteiger partial charge in [0.25, 0.3) is 0 Å². The minimum atomic E-state index is -0.304. The van der Waals surface area contributed by atoms with E-state index in [2.05, 4.69) is 31.0 Å². The molecular weight excluding hydrogens is 424 g/mol. The van der Waals surface area contributed by atoms with Crippen LogP contribution in [-0.2, 0) is 13.0 Å². The molecule has 5 nitrogen and oxygen atoms in total. The predicted molar refractivity (Wildman–Crippen MR) is 136 cm³/mol. The Hall–Kier alpha value is -3.60. The standard InChI is InChI=1S/C29H30N2O3/c1-18(2)21-9-11-22(12-10-21)28-27-24(16-19-7-8-19)26(32)14-13-25(27)31(29(33)30-28)17-20-5-4-6-23(15-20)34-3/h4-6,9-15,18-19,32H,7-8,16-17H2,1-3H3. The molecule has 0 aliphatic heterocycles. The number of nitrogens with zero attached hydrogens (tertiary/aromatic N) is 2. The van der Waals surface area contributed by atoms with Crippen molar-refractivity contribution in [3.05, 3.63) is 87.8 Å². The van der Waals surface area contributed by atoms with Gasteiger partial charge in [-0.15, -0.1) is 0 Å². The summed E-state index contributed by atoms with van der Waals surface area (Å²) in [6.45, 7) is 4.70. The average Bonchev–Trinajstić information content (AvgIpc) is 3.66. The third kappa shape index (κ3) is 4.30. The Morgan fingerprint density at radius 1 is 1.09 bits per heavy atom. The zero-order valence-electron chi connectivity index (χ0n) is 19.9. The minimum Gasteiger partial charge on any atom is -0.508 e. The number of ether oxygens (including phenoxy) is 1. The van der Waals surface area contributed by atoms with Crippen LogP contribution in [0.25, 0.3) is 22.2 Å². The molecule has 0 unspecified atom stereocenters. The Morgan fingerprint density at radius 3 is 2.53 bits per heavy atom. The molecule has 1 aromatic heterocycles.